The van der Waals surface area contributed by atoms with E-state index in [0.717, 1.165) is 51.0 Å². The average molecular weight is 504 g/mol. The van der Waals surface area contributed by atoms with Crippen LogP contribution in [-0.4, -0.2) is 40.7 Å². The number of alkyl halides is 3. The second kappa shape index (κ2) is 12.8. The van der Waals surface area contributed by atoms with Crippen LogP contribution in [-0.2, 0) is 6.18 Å². The molecular weight excluding hydrogens is 471 g/mol. The van der Waals surface area contributed by atoms with Gasteiger partial charge >= 0.3 is 6.18 Å². The summed E-state index contributed by atoms with van der Waals surface area (Å²) in [6.45, 7) is 3.53. The number of hydrogen-bond acceptors (Lipinski definition) is 5. The Bertz CT molecular complexity index is 922. The summed E-state index contributed by atoms with van der Waals surface area (Å²) in [7, 11) is 0. The molecule has 1 unspecified atom stereocenters. The third-order valence-electron chi connectivity index (χ3n) is 5.85. The molecule has 0 saturated carbocycles. The third-order valence-corrected chi connectivity index (χ3v) is 5.85. The van der Waals surface area contributed by atoms with Crippen molar-refractivity contribution in [2.24, 2.45) is 5.73 Å². The van der Waals surface area contributed by atoms with Crippen molar-refractivity contribution < 1.29 is 22.4 Å². The molecule has 190 valence electrons. The standard InChI is InChI=1S/C23H32F3N5O2.ClH/c1-2-3-4-5-6-7-13-32-19-11-10-16(14-18(19)23(24,25)26)20-29-21(33-30-20)17-9-8-12-31(15-17)22(27)28;/h10-11,14,17H,2-9,12-13,15H2,1H3,(H3,27,28);1H. The molecule has 0 radical (unpaired) electrons. The van der Waals surface area contributed by atoms with Crippen LogP contribution in [0, 0.1) is 5.41 Å². The van der Waals surface area contributed by atoms with Crippen molar-refractivity contribution >= 4 is 18.4 Å². The van der Waals surface area contributed by atoms with Gasteiger partial charge in [-0.15, -0.1) is 12.4 Å². The summed E-state index contributed by atoms with van der Waals surface area (Å²) < 4.78 is 51.9. The molecule has 3 N–H and O–H groups in total. The molecule has 1 fully saturated rings. The summed E-state index contributed by atoms with van der Waals surface area (Å²) in [5.74, 6) is 0.107. The van der Waals surface area contributed by atoms with Crippen LogP contribution < -0.4 is 10.5 Å². The Morgan fingerprint density at radius 3 is 2.68 bits per heavy atom. The van der Waals surface area contributed by atoms with E-state index < -0.39 is 11.7 Å². The molecule has 1 aromatic carbocycles. The molecule has 34 heavy (non-hydrogen) atoms. The molecule has 11 heteroatoms. The van der Waals surface area contributed by atoms with Gasteiger partial charge in [0.05, 0.1) is 18.1 Å². The van der Waals surface area contributed by atoms with Gasteiger partial charge in [-0.2, -0.15) is 18.2 Å². The molecule has 1 aliphatic heterocycles. The topological polar surface area (TPSA) is 101 Å². The molecule has 2 aromatic rings. The Morgan fingerprint density at radius 2 is 1.97 bits per heavy atom. The first-order valence-corrected chi connectivity index (χ1v) is 11.6. The van der Waals surface area contributed by atoms with Crippen molar-refractivity contribution in [3.63, 3.8) is 0 Å². The van der Waals surface area contributed by atoms with Gasteiger partial charge in [0.25, 0.3) is 0 Å². The van der Waals surface area contributed by atoms with Gasteiger partial charge in [0, 0.05) is 18.7 Å². The Balaban J connectivity index is 0.00000408. The Hall–Kier alpha value is -2.49. The fourth-order valence-corrected chi connectivity index (χ4v) is 4.00. The molecule has 0 aliphatic carbocycles. The van der Waals surface area contributed by atoms with E-state index in [9.17, 15) is 13.2 Å². The van der Waals surface area contributed by atoms with Gasteiger partial charge in [-0.1, -0.05) is 44.2 Å². The Kier molecular flexibility index (Phi) is 10.5. The smallest absolute Gasteiger partial charge is 0.419 e. The number of aromatic nitrogens is 2. The normalized spacial score (nSPS) is 16.2. The molecule has 0 spiro atoms. The number of ether oxygens (including phenoxy) is 1. The molecule has 2 heterocycles. The number of halogens is 4. The number of unbranched alkanes of at least 4 members (excludes halogenated alkanes) is 5. The molecule has 1 aliphatic rings. The maximum absolute atomic E-state index is 13.7. The van der Waals surface area contributed by atoms with E-state index in [0.29, 0.717) is 19.0 Å². The van der Waals surface area contributed by atoms with Crippen molar-refractivity contribution in [3.05, 3.63) is 29.7 Å². The predicted octanol–water partition coefficient (Wildman–Crippen LogP) is 5.99. The largest absolute Gasteiger partial charge is 0.493 e. The van der Waals surface area contributed by atoms with Crippen LogP contribution in [0.3, 0.4) is 0 Å². The van der Waals surface area contributed by atoms with Crippen LogP contribution in [0.1, 0.15) is 75.7 Å². The number of benzene rings is 1. The molecule has 1 saturated heterocycles. The summed E-state index contributed by atoms with van der Waals surface area (Å²) in [5.41, 5.74) is 4.93. The van der Waals surface area contributed by atoms with Gasteiger partial charge in [0.2, 0.25) is 11.7 Å². The van der Waals surface area contributed by atoms with E-state index >= 15 is 0 Å². The first-order chi connectivity index (χ1) is 15.8. The lowest BCUT2D eigenvalue weighted by molar-refractivity contribution is -0.138. The van der Waals surface area contributed by atoms with Crippen molar-refractivity contribution in [1.82, 2.24) is 15.0 Å². The highest BCUT2D eigenvalue weighted by Gasteiger charge is 2.35. The van der Waals surface area contributed by atoms with Crippen molar-refractivity contribution in [2.75, 3.05) is 19.7 Å². The van der Waals surface area contributed by atoms with E-state index in [1.807, 2.05) is 0 Å². The van der Waals surface area contributed by atoms with Crippen LogP contribution in [0.4, 0.5) is 13.2 Å². The second-order valence-electron chi connectivity index (χ2n) is 8.45. The molecule has 0 bridgehead atoms. The fraction of sp³-hybridized carbons (Fsp3) is 0.609. The highest BCUT2D eigenvalue weighted by atomic mass is 35.5. The van der Waals surface area contributed by atoms with Gasteiger partial charge in [0.15, 0.2) is 5.96 Å². The number of nitrogens with zero attached hydrogens (tertiary/aromatic N) is 3. The summed E-state index contributed by atoms with van der Waals surface area (Å²) in [4.78, 5) is 6.06. The number of guanidine groups is 1. The number of piperidine rings is 1. The van der Waals surface area contributed by atoms with Crippen molar-refractivity contribution in [1.29, 1.82) is 5.41 Å². The SMILES string of the molecule is CCCCCCCCOc1ccc(-c2noc(C3CCCN(C(=N)N)C3)n2)cc1C(F)(F)F.Cl. The maximum atomic E-state index is 13.7. The molecule has 7 nitrogen and oxygen atoms in total. The third kappa shape index (κ3) is 7.51. The van der Waals surface area contributed by atoms with Crippen LogP contribution in [0.25, 0.3) is 11.4 Å². The first-order valence-electron chi connectivity index (χ1n) is 11.6. The number of nitrogens with two attached hydrogens (primary N) is 1. The lowest BCUT2D eigenvalue weighted by Crippen LogP contribution is -2.42. The minimum absolute atomic E-state index is 0. The Labute approximate surface area is 204 Å². The van der Waals surface area contributed by atoms with Gasteiger partial charge in [-0.25, -0.2) is 0 Å². The number of rotatable bonds is 10. The zero-order valence-electron chi connectivity index (χ0n) is 19.4. The van der Waals surface area contributed by atoms with E-state index in [-0.39, 0.29) is 48.0 Å². The number of likely N-dealkylation sites (tertiary alicyclic amines) is 1. The summed E-state index contributed by atoms with van der Waals surface area (Å²) in [5, 5.41) is 11.5. The van der Waals surface area contributed by atoms with E-state index in [2.05, 4.69) is 17.1 Å². The lowest BCUT2D eigenvalue weighted by atomic mass is 9.98. The van der Waals surface area contributed by atoms with Gasteiger partial charge in [-0.3, -0.25) is 5.41 Å². The van der Waals surface area contributed by atoms with Crippen molar-refractivity contribution in [3.8, 4) is 17.1 Å². The van der Waals surface area contributed by atoms with Crippen LogP contribution in [0.2, 0.25) is 0 Å². The fourth-order valence-electron chi connectivity index (χ4n) is 4.00. The quantitative estimate of drug-likeness (QED) is 0.234. The van der Waals surface area contributed by atoms with Gasteiger partial charge in [-0.05, 0) is 37.5 Å². The minimum atomic E-state index is -4.57. The Morgan fingerprint density at radius 1 is 1.24 bits per heavy atom. The average Bonchev–Trinajstić information content (AvgIpc) is 3.28. The minimum Gasteiger partial charge on any atom is -0.493 e. The lowest BCUT2D eigenvalue weighted by Gasteiger charge is -2.30. The summed E-state index contributed by atoms with van der Waals surface area (Å²) >= 11 is 0. The maximum Gasteiger partial charge on any atom is 0.419 e. The highest BCUT2D eigenvalue weighted by molar-refractivity contribution is 5.85. The van der Waals surface area contributed by atoms with Crippen molar-refractivity contribution in [2.45, 2.75) is 70.4 Å². The molecule has 1 aromatic heterocycles. The first kappa shape index (κ1) is 27.8. The summed E-state index contributed by atoms with van der Waals surface area (Å²) in [6, 6.07) is 3.85. The van der Waals surface area contributed by atoms with Gasteiger partial charge < -0.3 is 19.9 Å². The number of hydrogen-bond donors (Lipinski definition) is 2. The number of nitrogens with one attached hydrogen (secondary N) is 1. The zero-order valence-corrected chi connectivity index (χ0v) is 20.2. The zero-order chi connectivity index (χ0) is 23.8. The van der Waals surface area contributed by atoms with E-state index in [1.54, 1.807) is 4.90 Å². The molecule has 1 atom stereocenters. The molecular formula is C23H33ClF3N5O2. The van der Waals surface area contributed by atoms with Crippen LogP contribution >= 0.6 is 12.4 Å². The van der Waals surface area contributed by atoms with Crippen LogP contribution in [0.5, 0.6) is 5.75 Å². The predicted molar refractivity (Wildman–Crippen MR) is 126 cm³/mol. The second-order valence-corrected chi connectivity index (χ2v) is 8.45. The van der Waals surface area contributed by atoms with Crippen LogP contribution in [0.15, 0.2) is 22.7 Å². The molecule has 0 amide bonds. The molecule has 3 rings (SSSR count). The monoisotopic (exact) mass is 503 g/mol. The van der Waals surface area contributed by atoms with E-state index in [4.69, 9.17) is 20.4 Å². The summed E-state index contributed by atoms with van der Waals surface area (Å²) in [6.07, 6.45) is 3.21. The van der Waals surface area contributed by atoms with Gasteiger partial charge in [0.1, 0.15) is 5.75 Å². The highest BCUT2D eigenvalue weighted by Crippen LogP contribution is 2.39. The van der Waals surface area contributed by atoms with E-state index in [1.165, 1.54) is 18.6 Å².